The van der Waals surface area contributed by atoms with E-state index in [2.05, 4.69) is 14.8 Å². The number of halogens is 2. The van der Waals surface area contributed by atoms with Gasteiger partial charge in [0.25, 0.3) is 26.0 Å². The Morgan fingerprint density at radius 3 is 1.76 bits per heavy atom. The Labute approximate surface area is 224 Å². The highest BCUT2D eigenvalue weighted by Crippen LogP contribution is 2.25. The van der Waals surface area contributed by atoms with Gasteiger partial charge in [-0.15, -0.1) is 0 Å². The van der Waals surface area contributed by atoms with Gasteiger partial charge in [-0.3, -0.25) is 14.2 Å². The maximum atomic E-state index is 12.7. The van der Waals surface area contributed by atoms with E-state index in [1.54, 1.807) is 36.4 Å². The van der Waals surface area contributed by atoms with Gasteiger partial charge < -0.3 is 5.32 Å². The van der Waals surface area contributed by atoms with E-state index in [1.807, 2.05) is 0 Å². The molecule has 0 fully saturated rings. The quantitative estimate of drug-likeness (QED) is 0.243. The molecule has 0 unspecified atom stereocenters. The van der Waals surface area contributed by atoms with E-state index in [9.17, 15) is 21.6 Å². The molecule has 0 aliphatic heterocycles. The van der Waals surface area contributed by atoms with Crippen LogP contribution in [-0.2, 0) is 20.0 Å². The second-order valence-corrected chi connectivity index (χ2v) is 11.9. The van der Waals surface area contributed by atoms with E-state index in [4.69, 9.17) is 23.2 Å². The first-order chi connectivity index (χ1) is 17.5. The summed E-state index contributed by atoms with van der Waals surface area (Å²) in [5.41, 5.74) is 0.932. The lowest BCUT2D eigenvalue weighted by atomic mass is 10.2. The van der Waals surface area contributed by atoms with Gasteiger partial charge in [0, 0.05) is 10.7 Å². The lowest BCUT2D eigenvalue weighted by Crippen LogP contribution is -2.15. The number of nitrogens with one attached hydrogen (secondary N) is 3. The van der Waals surface area contributed by atoms with Crippen LogP contribution in [-0.4, -0.2) is 22.7 Å². The van der Waals surface area contributed by atoms with Crippen molar-refractivity contribution in [3.05, 3.63) is 113 Å². The van der Waals surface area contributed by atoms with Crippen LogP contribution in [0.1, 0.15) is 10.4 Å². The topological polar surface area (TPSA) is 121 Å². The molecule has 1 amide bonds. The lowest BCUT2D eigenvalue weighted by Gasteiger charge is -2.12. The fourth-order valence-corrected chi connectivity index (χ4v) is 5.84. The summed E-state index contributed by atoms with van der Waals surface area (Å²) >= 11 is 12.1. The summed E-state index contributed by atoms with van der Waals surface area (Å²) in [6, 6.07) is 23.8. The maximum absolute atomic E-state index is 12.7. The van der Waals surface area contributed by atoms with Gasteiger partial charge in [0.05, 0.1) is 31.8 Å². The van der Waals surface area contributed by atoms with E-state index in [-0.39, 0.29) is 26.1 Å². The predicted molar refractivity (Wildman–Crippen MR) is 145 cm³/mol. The van der Waals surface area contributed by atoms with Gasteiger partial charge in [0.15, 0.2) is 0 Å². The van der Waals surface area contributed by atoms with E-state index in [1.165, 1.54) is 60.7 Å². The molecule has 0 radical (unpaired) electrons. The van der Waals surface area contributed by atoms with Crippen molar-refractivity contribution in [1.82, 2.24) is 0 Å². The molecule has 0 saturated heterocycles. The highest BCUT2D eigenvalue weighted by atomic mass is 35.5. The Balaban J connectivity index is 1.44. The summed E-state index contributed by atoms with van der Waals surface area (Å²) < 4.78 is 55.1. The van der Waals surface area contributed by atoms with E-state index >= 15 is 0 Å². The molecule has 0 spiro atoms. The molecule has 12 heteroatoms. The summed E-state index contributed by atoms with van der Waals surface area (Å²) in [5.74, 6) is -0.560. The minimum atomic E-state index is -3.87. The second kappa shape index (κ2) is 10.8. The SMILES string of the molecule is O=C(Nc1ccc(S(=O)(=O)Nc2cccc(Cl)c2)cc1)c1ccc(NS(=O)(=O)c2ccccc2)cc1Cl. The molecule has 0 atom stereocenters. The fourth-order valence-electron chi connectivity index (χ4n) is 3.26. The van der Waals surface area contributed by atoms with Crippen molar-refractivity contribution in [3.63, 3.8) is 0 Å². The van der Waals surface area contributed by atoms with Crippen LogP contribution in [0.15, 0.2) is 107 Å². The zero-order valence-electron chi connectivity index (χ0n) is 18.9. The number of sulfonamides is 2. The van der Waals surface area contributed by atoms with Crippen molar-refractivity contribution in [1.29, 1.82) is 0 Å². The molecule has 4 aromatic carbocycles. The molecule has 0 aliphatic carbocycles. The summed E-state index contributed by atoms with van der Waals surface area (Å²) in [7, 11) is -7.69. The third kappa shape index (κ3) is 6.60. The Morgan fingerprint density at radius 2 is 1.16 bits per heavy atom. The van der Waals surface area contributed by atoms with Gasteiger partial charge in [-0.2, -0.15) is 0 Å². The van der Waals surface area contributed by atoms with Crippen LogP contribution in [0.3, 0.4) is 0 Å². The van der Waals surface area contributed by atoms with Crippen LogP contribution >= 0.6 is 23.2 Å². The standard InChI is InChI=1S/C25H19Cl2N3O5S2/c26-17-5-4-6-19(15-17)29-37(34,35)22-12-9-18(10-13-22)28-25(31)23-14-11-20(16-24(23)27)30-36(32,33)21-7-2-1-3-8-21/h1-16,29-30H,(H,28,31). The number of carbonyl (C=O) groups is 1. The number of anilines is 3. The second-order valence-electron chi connectivity index (χ2n) is 7.71. The van der Waals surface area contributed by atoms with Gasteiger partial charge in [-0.1, -0.05) is 47.5 Å². The third-order valence-corrected chi connectivity index (χ3v) is 8.36. The van der Waals surface area contributed by atoms with Crippen LogP contribution in [0.4, 0.5) is 17.1 Å². The van der Waals surface area contributed by atoms with E-state index < -0.39 is 26.0 Å². The molecular weight excluding hydrogens is 557 g/mol. The molecule has 37 heavy (non-hydrogen) atoms. The van der Waals surface area contributed by atoms with Gasteiger partial charge in [0.1, 0.15) is 0 Å². The molecule has 190 valence electrons. The number of benzene rings is 4. The Bertz CT molecular complexity index is 1660. The highest BCUT2D eigenvalue weighted by molar-refractivity contribution is 7.93. The summed E-state index contributed by atoms with van der Waals surface area (Å²) in [5, 5.41) is 3.05. The molecule has 0 bridgehead atoms. The largest absolute Gasteiger partial charge is 0.322 e. The smallest absolute Gasteiger partial charge is 0.261 e. The van der Waals surface area contributed by atoms with Gasteiger partial charge in [-0.25, -0.2) is 16.8 Å². The molecule has 3 N–H and O–H groups in total. The summed E-state index contributed by atoms with van der Waals surface area (Å²) in [6.45, 7) is 0. The average molecular weight is 576 g/mol. The van der Waals surface area contributed by atoms with Crippen molar-refractivity contribution < 1.29 is 21.6 Å². The van der Waals surface area contributed by atoms with Crippen LogP contribution in [0.2, 0.25) is 10.0 Å². The van der Waals surface area contributed by atoms with Crippen molar-refractivity contribution in [2.75, 3.05) is 14.8 Å². The normalized spacial score (nSPS) is 11.5. The molecule has 4 aromatic rings. The average Bonchev–Trinajstić information content (AvgIpc) is 2.84. The minimum Gasteiger partial charge on any atom is -0.322 e. The van der Waals surface area contributed by atoms with Crippen LogP contribution in [0.5, 0.6) is 0 Å². The molecule has 0 saturated carbocycles. The van der Waals surface area contributed by atoms with Gasteiger partial charge in [-0.05, 0) is 72.8 Å². The first-order valence-corrected chi connectivity index (χ1v) is 14.3. The highest BCUT2D eigenvalue weighted by Gasteiger charge is 2.18. The number of carbonyl (C=O) groups excluding carboxylic acids is 1. The summed E-state index contributed by atoms with van der Waals surface area (Å²) in [6.07, 6.45) is 0. The van der Waals surface area contributed by atoms with Gasteiger partial charge in [0.2, 0.25) is 0 Å². The monoisotopic (exact) mass is 575 g/mol. The zero-order chi connectivity index (χ0) is 26.6. The van der Waals surface area contributed by atoms with Crippen molar-refractivity contribution in [3.8, 4) is 0 Å². The number of amides is 1. The minimum absolute atomic E-state index is 0.0152. The molecule has 4 rings (SSSR count). The van der Waals surface area contributed by atoms with Crippen LogP contribution in [0, 0.1) is 0 Å². The molecule has 0 heterocycles. The third-order valence-electron chi connectivity index (χ3n) is 5.02. The molecule has 8 nitrogen and oxygen atoms in total. The van der Waals surface area contributed by atoms with E-state index in [0.29, 0.717) is 16.4 Å². The first kappa shape index (κ1) is 26.5. The molecule has 0 aromatic heterocycles. The Morgan fingerprint density at radius 1 is 0.595 bits per heavy atom. The number of hydrogen-bond donors (Lipinski definition) is 3. The number of hydrogen-bond acceptors (Lipinski definition) is 5. The maximum Gasteiger partial charge on any atom is 0.261 e. The van der Waals surface area contributed by atoms with Gasteiger partial charge >= 0.3 is 0 Å². The van der Waals surface area contributed by atoms with Crippen molar-refractivity contribution in [2.24, 2.45) is 0 Å². The van der Waals surface area contributed by atoms with Crippen LogP contribution < -0.4 is 14.8 Å². The Kier molecular flexibility index (Phi) is 7.74. The molecule has 0 aliphatic rings. The Hall–Kier alpha value is -3.57. The molecular formula is C25H19Cl2N3O5S2. The van der Waals surface area contributed by atoms with Crippen LogP contribution in [0.25, 0.3) is 0 Å². The van der Waals surface area contributed by atoms with Crippen molar-refractivity contribution >= 4 is 66.2 Å². The summed E-state index contributed by atoms with van der Waals surface area (Å²) in [4.78, 5) is 12.8. The van der Waals surface area contributed by atoms with E-state index in [0.717, 1.165) is 0 Å². The first-order valence-electron chi connectivity index (χ1n) is 10.6. The zero-order valence-corrected chi connectivity index (χ0v) is 22.0. The number of rotatable bonds is 8. The fraction of sp³-hybridized carbons (Fsp3) is 0. The lowest BCUT2D eigenvalue weighted by molar-refractivity contribution is 0.102. The van der Waals surface area contributed by atoms with Crippen molar-refractivity contribution in [2.45, 2.75) is 9.79 Å². The predicted octanol–water partition coefficient (Wildman–Crippen LogP) is 5.85.